The minimum Gasteiger partial charge on any atom is -0.508 e. The van der Waals surface area contributed by atoms with Crippen molar-refractivity contribution in [1.29, 1.82) is 0 Å². The molecule has 2 N–H and O–H groups in total. The van der Waals surface area contributed by atoms with Crippen LogP contribution in [0.4, 0.5) is 0 Å². The van der Waals surface area contributed by atoms with Crippen molar-refractivity contribution in [3.8, 4) is 11.5 Å². The summed E-state index contributed by atoms with van der Waals surface area (Å²) in [6.45, 7) is 0.382. The van der Waals surface area contributed by atoms with Crippen LogP contribution in [-0.2, 0) is 22.6 Å². The van der Waals surface area contributed by atoms with Crippen LogP contribution in [0.1, 0.15) is 42.0 Å². The van der Waals surface area contributed by atoms with E-state index in [0.29, 0.717) is 24.9 Å². The van der Waals surface area contributed by atoms with Crippen molar-refractivity contribution in [3.05, 3.63) is 95.6 Å². The molecule has 6 nitrogen and oxygen atoms in total. The Kier molecular flexibility index (Phi) is 7.48. The second kappa shape index (κ2) is 10.9. The van der Waals surface area contributed by atoms with E-state index in [4.69, 9.17) is 4.74 Å². The number of phenolic OH excluding ortho intramolecular Hbond substituents is 1. The summed E-state index contributed by atoms with van der Waals surface area (Å²) in [6, 6.07) is 23.2. The summed E-state index contributed by atoms with van der Waals surface area (Å²) in [7, 11) is 1.62. The lowest BCUT2D eigenvalue weighted by atomic mass is 10.0. The van der Waals surface area contributed by atoms with Crippen molar-refractivity contribution >= 4 is 11.8 Å². The number of carbonyl (C=O) groups is 2. The predicted octanol–water partition coefficient (Wildman–Crippen LogP) is 4.38. The molecule has 1 aliphatic rings. The van der Waals surface area contributed by atoms with Crippen molar-refractivity contribution in [2.75, 3.05) is 7.11 Å². The fourth-order valence-corrected chi connectivity index (χ4v) is 4.06. The number of aryl methyl sites for hydroxylation is 1. The molecule has 0 spiro atoms. The van der Waals surface area contributed by atoms with Crippen LogP contribution < -0.4 is 10.1 Å². The van der Waals surface area contributed by atoms with Gasteiger partial charge < -0.3 is 20.1 Å². The minimum atomic E-state index is -0.750. The van der Waals surface area contributed by atoms with Crippen molar-refractivity contribution in [1.82, 2.24) is 10.2 Å². The van der Waals surface area contributed by atoms with E-state index in [9.17, 15) is 14.7 Å². The van der Waals surface area contributed by atoms with E-state index in [1.807, 2.05) is 54.6 Å². The van der Waals surface area contributed by atoms with Crippen LogP contribution >= 0.6 is 0 Å². The number of benzene rings is 3. The minimum absolute atomic E-state index is 0.0460. The first-order chi connectivity index (χ1) is 16.5. The van der Waals surface area contributed by atoms with Gasteiger partial charge in [-0.1, -0.05) is 54.6 Å². The van der Waals surface area contributed by atoms with E-state index < -0.39 is 6.04 Å². The molecule has 1 saturated carbocycles. The summed E-state index contributed by atoms with van der Waals surface area (Å²) in [5.74, 6) is 0.624. The molecule has 1 unspecified atom stereocenters. The van der Waals surface area contributed by atoms with Crippen LogP contribution in [0.5, 0.6) is 11.5 Å². The summed E-state index contributed by atoms with van der Waals surface area (Å²) in [4.78, 5) is 28.6. The van der Waals surface area contributed by atoms with Crippen molar-refractivity contribution < 1.29 is 19.4 Å². The highest BCUT2D eigenvalue weighted by molar-refractivity contribution is 5.89. The Bertz CT molecular complexity index is 1090. The number of ether oxygens (including phenoxy) is 1. The predicted molar refractivity (Wildman–Crippen MR) is 130 cm³/mol. The van der Waals surface area contributed by atoms with Crippen LogP contribution in [0.15, 0.2) is 78.9 Å². The van der Waals surface area contributed by atoms with E-state index in [2.05, 4.69) is 5.32 Å². The van der Waals surface area contributed by atoms with Gasteiger partial charge in [0.1, 0.15) is 17.5 Å². The molecule has 0 bridgehead atoms. The Morgan fingerprint density at radius 3 is 2.26 bits per heavy atom. The summed E-state index contributed by atoms with van der Waals surface area (Å²) in [5, 5.41) is 12.8. The molecule has 1 fully saturated rings. The van der Waals surface area contributed by atoms with Gasteiger partial charge >= 0.3 is 0 Å². The number of phenols is 1. The van der Waals surface area contributed by atoms with Gasteiger partial charge in [0.05, 0.1) is 7.11 Å². The number of aromatic hydroxyl groups is 1. The number of hydrogen-bond donors (Lipinski definition) is 2. The van der Waals surface area contributed by atoms with E-state index in [1.54, 1.807) is 36.3 Å². The van der Waals surface area contributed by atoms with Gasteiger partial charge in [-0.2, -0.15) is 0 Å². The van der Waals surface area contributed by atoms with Crippen LogP contribution in [0.3, 0.4) is 0 Å². The molecule has 3 aromatic carbocycles. The number of amides is 2. The zero-order chi connectivity index (χ0) is 23.9. The smallest absolute Gasteiger partial charge is 0.247 e. The topological polar surface area (TPSA) is 78.9 Å². The lowest BCUT2D eigenvalue weighted by Crippen LogP contribution is -2.45. The Balaban J connectivity index is 1.53. The zero-order valence-electron chi connectivity index (χ0n) is 19.3. The zero-order valence-corrected chi connectivity index (χ0v) is 19.3. The van der Waals surface area contributed by atoms with Gasteiger partial charge in [0.2, 0.25) is 11.8 Å². The normalized spacial score (nSPS) is 13.7. The van der Waals surface area contributed by atoms with E-state index in [-0.39, 0.29) is 23.6 Å². The maximum atomic E-state index is 13.5. The number of nitrogens with zero attached hydrogens (tertiary/aromatic N) is 1. The molecule has 0 radical (unpaired) electrons. The molecule has 6 heteroatoms. The van der Waals surface area contributed by atoms with Gasteiger partial charge in [0.25, 0.3) is 0 Å². The van der Waals surface area contributed by atoms with Gasteiger partial charge in [-0.25, -0.2) is 0 Å². The molecule has 2 amide bonds. The molecule has 1 aliphatic carbocycles. The molecular formula is C28H30N2O4. The van der Waals surface area contributed by atoms with Gasteiger partial charge in [0, 0.05) is 19.0 Å². The Hall–Kier alpha value is -3.80. The van der Waals surface area contributed by atoms with Crippen LogP contribution in [0, 0.1) is 0 Å². The largest absolute Gasteiger partial charge is 0.508 e. The highest BCUT2D eigenvalue weighted by Gasteiger charge is 2.40. The molecule has 4 rings (SSSR count). The summed E-state index contributed by atoms with van der Waals surface area (Å²) in [6.07, 6.45) is 2.66. The summed E-state index contributed by atoms with van der Waals surface area (Å²) >= 11 is 0. The van der Waals surface area contributed by atoms with Gasteiger partial charge in [-0.05, 0) is 60.2 Å². The number of nitrogens with one attached hydrogen (secondary N) is 1. The highest BCUT2D eigenvalue weighted by atomic mass is 16.5. The number of carbonyl (C=O) groups excluding carboxylic acids is 2. The third kappa shape index (κ3) is 5.95. The Morgan fingerprint density at radius 1 is 0.971 bits per heavy atom. The molecule has 3 aromatic rings. The third-order valence-electron chi connectivity index (χ3n) is 6.06. The highest BCUT2D eigenvalue weighted by Crippen LogP contribution is 2.36. The van der Waals surface area contributed by atoms with E-state index >= 15 is 0 Å². The van der Waals surface area contributed by atoms with Gasteiger partial charge in [-0.3, -0.25) is 9.59 Å². The van der Waals surface area contributed by atoms with E-state index in [0.717, 1.165) is 29.7 Å². The maximum Gasteiger partial charge on any atom is 0.247 e. The fraction of sp³-hybridized carbons (Fsp3) is 0.286. The average Bonchev–Trinajstić information content (AvgIpc) is 3.71. The molecule has 0 heterocycles. The van der Waals surface area contributed by atoms with Crippen molar-refractivity contribution in [2.24, 2.45) is 0 Å². The standard InChI is InChI=1S/C28H30N2O4/c1-34-25-16-7-20(8-17-25)9-18-26(32)30(23-12-13-23)27(22-10-14-24(31)15-11-22)28(33)29-19-21-5-3-2-4-6-21/h2-8,10-11,14-17,23,27,31H,9,12-13,18-19H2,1H3,(H,29,33). The van der Waals surface area contributed by atoms with Crippen LogP contribution in [0.2, 0.25) is 0 Å². The third-order valence-corrected chi connectivity index (χ3v) is 6.06. The lowest BCUT2D eigenvalue weighted by Gasteiger charge is -2.32. The molecule has 34 heavy (non-hydrogen) atoms. The monoisotopic (exact) mass is 458 g/mol. The molecule has 0 saturated heterocycles. The van der Waals surface area contributed by atoms with Gasteiger partial charge in [-0.15, -0.1) is 0 Å². The number of rotatable bonds is 10. The molecule has 1 atom stereocenters. The number of hydrogen-bond acceptors (Lipinski definition) is 4. The lowest BCUT2D eigenvalue weighted by molar-refractivity contribution is -0.141. The SMILES string of the molecule is COc1ccc(CCC(=O)N(C2CC2)C(C(=O)NCc2ccccc2)c2ccc(O)cc2)cc1. The number of methoxy groups -OCH3 is 1. The van der Waals surface area contributed by atoms with Crippen LogP contribution in [0.25, 0.3) is 0 Å². The fourth-order valence-electron chi connectivity index (χ4n) is 4.06. The quantitative estimate of drug-likeness (QED) is 0.473. The Labute approximate surface area is 200 Å². The second-order valence-electron chi connectivity index (χ2n) is 8.58. The first-order valence-electron chi connectivity index (χ1n) is 11.6. The van der Waals surface area contributed by atoms with Crippen LogP contribution in [-0.4, -0.2) is 35.0 Å². The first kappa shape index (κ1) is 23.4. The Morgan fingerprint density at radius 2 is 1.65 bits per heavy atom. The van der Waals surface area contributed by atoms with Crippen molar-refractivity contribution in [3.63, 3.8) is 0 Å². The molecule has 176 valence electrons. The van der Waals surface area contributed by atoms with Gasteiger partial charge in [0.15, 0.2) is 0 Å². The summed E-state index contributed by atoms with van der Waals surface area (Å²) in [5.41, 5.74) is 2.72. The molecule has 0 aliphatic heterocycles. The maximum absolute atomic E-state index is 13.5. The van der Waals surface area contributed by atoms with E-state index in [1.165, 1.54) is 0 Å². The molecular weight excluding hydrogens is 428 g/mol. The average molecular weight is 459 g/mol. The first-order valence-corrected chi connectivity index (χ1v) is 11.6. The van der Waals surface area contributed by atoms with Crippen molar-refractivity contribution in [2.45, 2.75) is 44.3 Å². The molecule has 0 aromatic heterocycles. The summed E-state index contributed by atoms with van der Waals surface area (Å²) < 4.78 is 5.21. The second-order valence-corrected chi connectivity index (χ2v) is 8.58.